The summed E-state index contributed by atoms with van der Waals surface area (Å²) in [5, 5.41) is 25.5. The molecule has 2 aromatic rings. The molecule has 3 heterocycles. The largest absolute Gasteiger partial charge is 0.461 e. The van der Waals surface area contributed by atoms with E-state index >= 15 is 0 Å². The third-order valence-electron chi connectivity index (χ3n) is 5.85. The van der Waals surface area contributed by atoms with Crippen LogP contribution in [0.3, 0.4) is 0 Å². The number of anilines is 2. The van der Waals surface area contributed by atoms with E-state index in [4.69, 9.17) is 22.1 Å². The Balaban J connectivity index is 1.25. The van der Waals surface area contributed by atoms with Gasteiger partial charge >= 0.3 is 18.0 Å². The molecule has 2 aliphatic heterocycles. The number of amides is 2. The summed E-state index contributed by atoms with van der Waals surface area (Å²) in [4.78, 5) is 26.0. The number of nitrogens with one attached hydrogen (secondary N) is 2. The van der Waals surface area contributed by atoms with E-state index in [0.717, 1.165) is 12.1 Å². The summed E-state index contributed by atoms with van der Waals surface area (Å²) in [5.74, 6) is 0.552. The van der Waals surface area contributed by atoms with Crippen LogP contribution in [0.25, 0.3) is 0 Å². The third-order valence-corrected chi connectivity index (χ3v) is 6.18. The Morgan fingerprint density at radius 3 is 2.82 bits per heavy atom. The van der Waals surface area contributed by atoms with Gasteiger partial charge < -0.3 is 36.2 Å². The van der Waals surface area contributed by atoms with Crippen LogP contribution in [0.2, 0.25) is 5.02 Å². The molecular formula is C22H25ClF3N8O4+. The van der Waals surface area contributed by atoms with E-state index in [1.165, 1.54) is 23.3 Å². The molecule has 4 rings (SSSR count). The zero-order chi connectivity index (χ0) is 27.6. The van der Waals surface area contributed by atoms with Crippen LogP contribution in [0.5, 0.6) is 0 Å². The molecule has 1 aromatic carbocycles. The summed E-state index contributed by atoms with van der Waals surface area (Å²) in [6.45, 7) is 0.962. The number of ether oxygens (including phenoxy) is 1. The fourth-order valence-electron chi connectivity index (χ4n) is 3.95. The number of hydrogen-bond acceptors (Lipinski definition) is 9. The van der Waals surface area contributed by atoms with Crippen molar-refractivity contribution in [3.8, 4) is 0 Å². The van der Waals surface area contributed by atoms with E-state index in [9.17, 15) is 28.2 Å². The van der Waals surface area contributed by atoms with Gasteiger partial charge in [0.1, 0.15) is 12.2 Å². The molecule has 1 saturated heterocycles. The molecule has 0 saturated carbocycles. The normalized spacial score (nSPS) is 22.5. The quantitative estimate of drug-likeness (QED) is 0.254. The Bertz CT molecular complexity index is 1280. The number of hydrogen-bond donors (Lipinski definition) is 5. The van der Waals surface area contributed by atoms with Crippen LogP contribution in [0.15, 0.2) is 29.5 Å². The van der Waals surface area contributed by atoms with Gasteiger partial charge in [-0.05, 0) is 38.2 Å². The fraction of sp³-hybridized carbons (Fsp3) is 0.409. The van der Waals surface area contributed by atoms with Gasteiger partial charge in [0.2, 0.25) is 6.34 Å². The minimum absolute atomic E-state index is 0.0471. The van der Waals surface area contributed by atoms with Crippen LogP contribution in [0.1, 0.15) is 12.0 Å². The second-order valence-corrected chi connectivity index (χ2v) is 9.07. The summed E-state index contributed by atoms with van der Waals surface area (Å²) in [6, 6.07) is 2.42. The standard InChI is InChI=1S/C22H24ClF3N8O4/c1-33(6-2-5-28-21(37)32-11-3-4-13(23)12(7-11)22(24,25)26)8-14-16(35)17(36)20(38-14)34-10-31-15-18(27)29-9-30-19(15)34/h3-4,7,9-10,14,16-17,35-36H,2,5-6,8H2,1H3,(H3-,27,28,29,30,32,37)/p+1. The molecule has 0 radical (unpaired) electrons. The number of likely N-dealkylation sites (N-methyl/N-ethyl adjacent to an activating group) is 1. The summed E-state index contributed by atoms with van der Waals surface area (Å²) in [7, 11) is 1.77. The zero-order valence-corrected chi connectivity index (χ0v) is 20.7. The molecule has 3 atom stereocenters. The van der Waals surface area contributed by atoms with E-state index in [1.807, 2.05) is 4.90 Å². The second-order valence-electron chi connectivity index (χ2n) is 8.66. The first-order valence-corrected chi connectivity index (χ1v) is 11.8. The number of nitrogens with zero attached hydrogens (tertiary/aromatic N) is 5. The number of rotatable bonds is 7. The maximum atomic E-state index is 13.0. The van der Waals surface area contributed by atoms with E-state index in [0.29, 0.717) is 24.5 Å². The molecule has 0 bridgehead atoms. The molecule has 16 heteroatoms. The van der Waals surface area contributed by atoms with Crippen molar-refractivity contribution in [2.45, 2.75) is 30.9 Å². The number of fused-ring (bicyclic) bond motifs is 1. The number of nitrogens with two attached hydrogens (primary N) is 1. The lowest BCUT2D eigenvalue weighted by molar-refractivity contribution is -0.313. The monoisotopic (exact) mass is 557 g/mol. The maximum Gasteiger partial charge on any atom is 0.417 e. The number of urea groups is 1. The lowest BCUT2D eigenvalue weighted by Crippen LogP contribution is -2.39. The van der Waals surface area contributed by atoms with Crippen LogP contribution in [0, 0.1) is 0 Å². The predicted octanol–water partition coefficient (Wildman–Crippen LogP) is 1.71. The first-order chi connectivity index (χ1) is 18.0. The molecule has 1 aromatic heterocycles. The SMILES string of the molecule is CN(CCCNC(=O)Nc1ccc(Cl)c(C(F)(F)F)c1)CC1OC(=[N+]2C=Nc3c(N)ncnc32)C(O)C1O. The van der Waals surface area contributed by atoms with Crippen molar-refractivity contribution in [3.05, 3.63) is 35.1 Å². The van der Waals surface area contributed by atoms with Gasteiger partial charge in [0.15, 0.2) is 18.2 Å². The van der Waals surface area contributed by atoms with E-state index in [-0.39, 0.29) is 30.5 Å². The highest BCUT2D eigenvalue weighted by Gasteiger charge is 2.45. The minimum Gasteiger partial charge on any atom is -0.461 e. The molecule has 38 heavy (non-hydrogen) atoms. The first kappa shape index (κ1) is 27.5. The molecule has 204 valence electrons. The van der Waals surface area contributed by atoms with Crippen molar-refractivity contribution in [2.24, 2.45) is 4.99 Å². The molecule has 2 aliphatic rings. The molecular weight excluding hydrogens is 533 g/mol. The van der Waals surface area contributed by atoms with Crippen LogP contribution in [0.4, 0.5) is 41.0 Å². The summed E-state index contributed by atoms with van der Waals surface area (Å²) >= 11 is 5.58. The predicted molar refractivity (Wildman–Crippen MR) is 132 cm³/mol. The topological polar surface area (TPSA) is 161 Å². The smallest absolute Gasteiger partial charge is 0.417 e. The number of aliphatic hydroxyl groups is 2. The Hall–Kier alpha value is -3.53. The number of aromatic nitrogens is 2. The Labute approximate surface area is 219 Å². The second kappa shape index (κ2) is 11.1. The number of aliphatic imine (C=N–C) groups is 1. The Kier molecular flexibility index (Phi) is 8.01. The summed E-state index contributed by atoms with van der Waals surface area (Å²) in [6.07, 6.45) is -4.82. The number of halogens is 4. The van der Waals surface area contributed by atoms with Crippen LogP contribution in [-0.2, 0) is 10.9 Å². The van der Waals surface area contributed by atoms with E-state index < -0.39 is 41.1 Å². The number of carbonyl (C=O) groups excluding carboxylic acids is 1. The number of aliphatic hydroxyl groups excluding tert-OH is 2. The van der Waals surface area contributed by atoms with Crippen LogP contribution < -0.4 is 16.4 Å². The van der Waals surface area contributed by atoms with Crippen molar-refractivity contribution in [1.82, 2.24) is 20.2 Å². The van der Waals surface area contributed by atoms with Crippen molar-refractivity contribution in [1.29, 1.82) is 0 Å². The lowest BCUT2D eigenvalue weighted by atomic mass is 10.1. The molecule has 1 fully saturated rings. The fourth-order valence-corrected chi connectivity index (χ4v) is 4.17. The molecule has 6 N–H and O–H groups in total. The lowest BCUT2D eigenvalue weighted by Gasteiger charge is -2.22. The Morgan fingerprint density at radius 1 is 1.32 bits per heavy atom. The van der Waals surface area contributed by atoms with Crippen molar-refractivity contribution in [3.63, 3.8) is 0 Å². The number of carbonyl (C=O) groups is 1. The average molecular weight is 558 g/mol. The van der Waals surface area contributed by atoms with Crippen LogP contribution in [-0.4, -0.2) is 92.9 Å². The van der Waals surface area contributed by atoms with Gasteiger partial charge in [-0.2, -0.15) is 22.7 Å². The average Bonchev–Trinajstić information content (AvgIpc) is 3.40. The minimum atomic E-state index is -4.64. The first-order valence-electron chi connectivity index (χ1n) is 11.4. The summed E-state index contributed by atoms with van der Waals surface area (Å²) in [5.41, 5.74) is 5.04. The molecule has 0 spiro atoms. The van der Waals surface area contributed by atoms with E-state index in [2.05, 4.69) is 25.6 Å². The number of benzene rings is 1. The Morgan fingerprint density at radius 2 is 2.08 bits per heavy atom. The van der Waals surface area contributed by atoms with Gasteiger partial charge in [0, 0.05) is 18.8 Å². The number of alkyl halides is 3. The van der Waals surface area contributed by atoms with Crippen molar-refractivity contribution < 1.29 is 37.5 Å². The van der Waals surface area contributed by atoms with E-state index in [1.54, 1.807) is 7.05 Å². The van der Waals surface area contributed by atoms with Crippen molar-refractivity contribution in [2.75, 3.05) is 37.7 Å². The van der Waals surface area contributed by atoms with Gasteiger partial charge in [-0.1, -0.05) is 21.6 Å². The van der Waals surface area contributed by atoms with Gasteiger partial charge in [-0.15, -0.1) is 0 Å². The van der Waals surface area contributed by atoms with Gasteiger partial charge in [-0.25, -0.2) is 4.79 Å². The van der Waals surface area contributed by atoms with Crippen LogP contribution >= 0.6 is 11.6 Å². The highest BCUT2D eigenvalue weighted by molar-refractivity contribution is 6.31. The zero-order valence-electron chi connectivity index (χ0n) is 20.0. The molecule has 2 amide bonds. The summed E-state index contributed by atoms with van der Waals surface area (Å²) < 4.78 is 46.2. The highest BCUT2D eigenvalue weighted by Crippen LogP contribution is 2.36. The molecule has 3 unspecified atom stereocenters. The molecule has 12 nitrogen and oxygen atoms in total. The van der Waals surface area contributed by atoms with Crippen molar-refractivity contribution >= 4 is 52.9 Å². The van der Waals surface area contributed by atoms with Gasteiger partial charge in [0.05, 0.1) is 10.6 Å². The van der Waals surface area contributed by atoms with Gasteiger partial charge in [0.25, 0.3) is 11.6 Å². The molecule has 0 aliphatic carbocycles. The highest BCUT2D eigenvalue weighted by atomic mass is 35.5. The third kappa shape index (κ3) is 5.96. The van der Waals surface area contributed by atoms with Gasteiger partial charge in [-0.3, -0.25) is 0 Å². The maximum absolute atomic E-state index is 13.0. The number of nitrogen functional groups attached to an aromatic ring is 1.